The maximum absolute atomic E-state index is 11.6. The van der Waals surface area contributed by atoms with Crippen molar-refractivity contribution >= 4 is 17.4 Å². The van der Waals surface area contributed by atoms with Crippen molar-refractivity contribution in [1.29, 1.82) is 0 Å². The Labute approximate surface area is 139 Å². The van der Waals surface area contributed by atoms with Gasteiger partial charge in [-0.1, -0.05) is 30.3 Å². The van der Waals surface area contributed by atoms with Crippen molar-refractivity contribution in [1.82, 2.24) is 9.97 Å². The molecular weight excluding hydrogens is 302 g/mol. The maximum Gasteiger partial charge on any atom is 0.249 e. The molecule has 5 N–H and O–H groups in total. The minimum absolute atomic E-state index is 0.350. The highest BCUT2D eigenvalue weighted by molar-refractivity contribution is 6.00. The molecule has 24 heavy (non-hydrogen) atoms. The van der Waals surface area contributed by atoms with E-state index in [1.54, 1.807) is 18.2 Å². The fourth-order valence-electron chi connectivity index (χ4n) is 2.44. The first kappa shape index (κ1) is 15.6. The molecule has 0 aliphatic heterocycles. The summed E-state index contributed by atoms with van der Waals surface area (Å²) >= 11 is 0. The molecule has 3 aromatic rings. The molecule has 0 bridgehead atoms. The number of carbonyl (C=O) groups excluding carboxylic acids is 1. The van der Waals surface area contributed by atoms with Crippen LogP contribution in [0.5, 0.6) is 0 Å². The lowest BCUT2D eigenvalue weighted by Crippen LogP contribution is -2.12. The molecule has 1 aromatic heterocycles. The minimum Gasteiger partial charge on any atom is -0.366 e. The molecule has 0 aliphatic carbocycles. The van der Waals surface area contributed by atoms with Gasteiger partial charge >= 0.3 is 0 Å². The van der Waals surface area contributed by atoms with Gasteiger partial charge in [0, 0.05) is 23.9 Å². The number of hydrogen-bond donors (Lipinski definition) is 3. The van der Waals surface area contributed by atoms with Gasteiger partial charge in [0.25, 0.3) is 0 Å². The van der Waals surface area contributed by atoms with Crippen molar-refractivity contribution in [2.24, 2.45) is 11.5 Å². The van der Waals surface area contributed by atoms with Crippen LogP contribution in [0.25, 0.3) is 11.1 Å². The summed E-state index contributed by atoms with van der Waals surface area (Å²) in [7, 11) is 0. The first-order valence-electron chi connectivity index (χ1n) is 7.44. The second kappa shape index (κ2) is 6.89. The van der Waals surface area contributed by atoms with Crippen LogP contribution >= 0.6 is 0 Å². The molecule has 0 saturated carbocycles. The number of hydrogen-bond acceptors (Lipinski definition) is 5. The Morgan fingerprint density at radius 1 is 1.04 bits per heavy atom. The minimum atomic E-state index is -0.452. The Balaban J connectivity index is 1.94. The van der Waals surface area contributed by atoms with Crippen molar-refractivity contribution in [3.63, 3.8) is 0 Å². The van der Waals surface area contributed by atoms with E-state index in [1.807, 2.05) is 36.4 Å². The van der Waals surface area contributed by atoms with E-state index in [1.165, 1.54) is 6.33 Å². The average molecular weight is 319 g/mol. The van der Waals surface area contributed by atoms with Gasteiger partial charge in [0.05, 0.1) is 5.69 Å². The lowest BCUT2D eigenvalue weighted by Gasteiger charge is -2.10. The van der Waals surface area contributed by atoms with E-state index < -0.39 is 5.91 Å². The second-order valence-corrected chi connectivity index (χ2v) is 5.21. The van der Waals surface area contributed by atoms with Gasteiger partial charge in [-0.05, 0) is 29.3 Å². The van der Waals surface area contributed by atoms with Gasteiger partial charge in [-0.3, -0.25) is 4.79 Å². The molecule has 0 fully saturated rings. The summed E-state index contributed by atoms with van der Waals surface area (Å²) in [5.74, 6) is 0.207. The van der Waals surface area contributed by atoms with Crippen LogP contribution in [-0.2, 0) is 6.54 Å². The first-order chi connectivity index (χ1) is 11.7. The van der Waals surface area contributed by atoms with Gasteiger partial charge < -0.3 is 16.8 Å². The number of nitrogens with zero attached hydrogens (tertiary/aromatic N) is 2. The summed E-state index contributed by atoms with van der Waals surface area (Å²) in [5.41, 5.74) is 14.8. The molecular formula is C18H17N5O. The van der Waals surface area contributed by atoms with Gasteiger partial charge in [-0.2, -0.15) is 0 Å². The molecule has 1 amide bonds. The predicted octanol–water partition coefficient (Wildman–Crippen LogP) is 2.44. The molecule has 3 rings (SSSR count). The molecule has 0 saturated heterocycles. The van der Waals surface area contributed by atoms with Gasteiger partial charge in [-0.25, -0.2) is 9.97 Å². The highest BCUT2D eigenvalue weighted by Crippen LogP contribution is 2.27. The summed E-state index contributed by atoms with van der Waals surface area (Å²) < 4.78 is 0. The van der Waals surface area contributed by atoms with E-state index >= 15 is 0 Å². The quantitative estimate of drug-likeness (QED) is 0.669. The largest absolute Gasteiger partial charge is 0.366 e. The van der Waals surface area contributed by atoms with E-state index in [0.29, 0.717) is 17.9 Å². The van der Waals surface area contributed by atoms with E-state index in [4.69, 9.17) is 11.5 Å². The Bertz CT molecular complexity index is 879. The van der Waals surface area contributed by atoms with Crippen LogP contribution in [0.2, 0.25) is 0 Å². The van der Waals surface area contributed by atoms with Crippen LogP contribution in [0, 0.1) is 0 Å². The molecule has 120 valence electrons. The molecule has 0 unspecified atom stereocenters. The van der Waals surface area contributed by atoms with Crippen LogP contribution in [0.4, 0.5) is 11.5 Å². The van der Waals surface area contributed by atoms with Crippen molar-refractivity contribution < 1.29 is 4.79 Å². The van der Waals surface area contributed by atoms with E-state index in [-0.39, 0.29) is 0 Å². The van der Waals surface area contributed by atoms with Crippen LogP contribution in [0.3, 0.4) is 0 Å². The normalized spacial score (nSPS) is 10.4. The SMILES string of the molecule is NCc1cc(Nc2cccc(-c3ccccc3C(N)=O)c2)ncn1. The van der Waals surface area contributed by atoms with Crippen LogP contribution < -0.4 is 16.8 Å². The molecule has 0 aliphatic rings. The van der Waals surface area contributed by atoms with E-state index in [2.05, 4.69) is 15.3 Å². The Morgan fingerprint density at radius 2 is 1.88 bits per heavy atom. The van der Waals surface area contributed by atoms with Crippen LogP contribution in [-0.4, -0.2) is 15.9 Å². The Hall–Kier alpha value is -3.25. The van der Waals surface area contributed by atoms with Crippen LogP contribution in [0.1, 0.15) is 16.1 Å². The first-order valence-corrected chi connectivity index (χ1v) is 7.44. The van der Waals surface area contributed by atoms with Gasteiger partial charge in [0.2, 0.25) is 5.91 Å². The molecule has 0 radical (unpaired) electrons. The average Bonchev–Trinajstić information content (AvgIpc) is 2.62. The predicted molar refractivity (Wildman–Crippen MR) is 93.6 cm³/mol. The van der Waals surface area contributed by atoms with Crippen molar-refractivity contribution in [2.75, 3.05) is 5.32 Å². The molecule has 0 atom stereocenters. The maximum atomic E-state index is 11.6. The smallest absolute Gasteiger partial charge is 0.249 e. The number of nitrogens with one attached hydrogen (secondary N) is 1. The lowest BCUT2D eigenvalue weighted by atomic mass is 9.99. The van der Waals surface area contributed by atoms with Crippen LogP contribution in [0.15, 0.2) is 60.9 Å². The summed E-state index contributed by atoms with van der Waals surface area (Å²) in [6, 6.07) is 16.7. The summed E-state index contributed by atoms with van der Waals surface area (Å²) in [6.45, 7) is 0.350. The van der Waals surface area contributed by atoms with Gasteiger partial charge in [0.1, 0.15) is 12.1 Å². The fourth-order valence-corrected chi connectivity index (χ4v) is 2.44. The summed E-state index contributed by atoms with van der Waals surface area (Å²) in [6.07, 6.45) is 1.47. The number of benzene rings is 2. The van der Waals surface area contributed by atoms with E-state index in [9.17, 15) is 4.79 Å². The topological polar surface area (TPSA) is 107 Å². The summed E-state index contributed by atoms with van der Waals surface area (Å²) in [4.78, 5) is 19.9. The van der Waals surface area contributed by atoms with E-state index in [0.717, 1.165) is 22.5 Å². The van der Waals surface area contributed by atoms with Gasteiger partial charge in [-0.15, -0.1) is 0 Å². The third-order valence-electron chi connectivity index (χ3n) is 3.57. The zero-order valence-electron chi connectivity index (χ0n) is 12.9. The van der Waals surface area contributed by atoms with Crippen molar-refractivity contribution in [3.8, 4) is 11.1 Å². The zero-order valence-corrected chi connectivity index (χ0v) is 12.9. The number of carbonyl (C=O) groups is 1. The fraction of sp³-hybridized carbons (Fsp3) is 0.0556. The number of rotatable bonds is 5. The monoisotopic (exact) mass is 319 g/mol. The second-order valence-electron chi connectivity index (χ2n) is 5.21. The van der Waals surface area contributed by atoms with Crippen molar-refractivity contribution in [3.05, 3.63) is 72.2 Å². The number of anilines is 2. The zero-order chi connectivity index (χ0) is 16.9. The standard InChI is InChI=1S/C18H17N5O/c19-10-14-9-17(22-11-21-14)23-13-5-3-4-12(8-13)15-6-1-2-7-16(15)18(20)24/h1-9,11H,10,19H2,(H2,20,24)(H,21,22,23). The molecule has 6 heteroatoms. The summed E-state index contributed by atoms with van der Waals surface area (Å²) in [5, 5.41) is 3.21. The lowest BCUT2D eigenvalue weighted by molar-refractivity contribution is 0.100. The third-order valence-corrected chi connectivity index (χ3v) is 3.57. The number of nitrogens with two attached hydrogens (primary N) is 2. The highest BCUT2D eigenvalue weighted by Gasteiger charge is 2.09. The Kier molecular flexibility index (Phi) is 4.49. The molecule has 1 heterocycles. The molecule has 6 nitrogen and oxygen atoms in total. The van der Waals surface area contributed by atoms with Crippen molar-refractivity contribution in [2.45, 2.75) is 6.54 Å². The Morgan fingerprint density at radius 3 is 2.67 bits per heavy atom. The number of aromatic nitrogens is 2. The number of amides is 1. The third kappa shape index (κ3) is 3.39. The highest BCUT2D eigenvalue weighted by atomic mass is 16.1. The number of primary amides is 1. The molecule has 2 aromatic carbocycles. The molecule has 0 spiro atoms. The van der Waals surface area contributed by atoms with Gasteiger partial charge in [0.15, 0.2) is 0 Å².